The smallest absolute Gasteiger partial charge is 0.270 e. The zero-order valence-corrected chi connectivity index (χ0v) is 17.9. The Morgan fingerprint density at radius 1 is 0.969 bits per heavy atom. The van der Waals surface area contributed by atoms with E-state index in [9.17, 15) is 14.4 Å². The van der Waals surface area contributed by atoms with Crippen molar-refractivity contribution in [3.05, 3.63) is 66.1 Å². The maximum absolute atomic E-state index is 12.8. The van der Waals surface area contributed by atoms with Gasteiger partial charge in [-0.2, -0.15) is 0 Å². The van der Waals surface area contributed by atoms with Crippen LogP contribution in [0.15, 0.2) is 54.9 Å². The Morgan fingerprint density at radius 2 is 1.75 bits per heavy atom. The molecule has 1 saturated heterocycles. The molecule has 0 atom stereocenters. The van der Waals surface area contributed by atoms with Gasteiger partial charge >= 0.3 is 0 Å². The predicted octanol–water partition coefficient (Wildman–Crippen LogP) is 2.33. The Kier molecular flexibility index (Phi) is 6.79. The van der Waals surface area contributed by atoms with Crippen LogP contribution in [0, 0.1) is 0 Å². The van der Waals surface area contributed by atoms with E-state index in [-0.39, 0.29) is 17.7 Å². The molecular formula is C24H27N5O3. The summed E-state index contributed by atoms with van der Waals surface area (Å²) in [5, 5.41) is 3.85. The highest BCUT2D eigenvalue weighted by Gasteiger charge is 2.25. The van der Waals surface area contributed by atoms with Gasteiger partial charge in [0.25, 0.3) is 5.91 Å². The molecule has 0 spiro atoms. The lowest BCUT2D eigenvalue weighted by Gasteiger charge is -2.34. The molecule has 3 aromatic rings. The van der Waals surface area contributed by atoms with Crippen molar-refractivity contribution < 1.29 is 14.4 Å². The minimum atomic E-state index is -0.0737. The number of carbonyl (C=O) groups excluding carboxylic acids is 3. The molecule has 1 fully saturated rings. The summed E-state index contributed by atoms with van der Waals surface area (Å²) in [6.45, 7) is 2.47. The minimum Gasteiger partial charge on any atom is -0.352 e. The van der Waals surface area contributed by atoms with Crippen molar-refractivity contribution in [1.29, 1.82) is 0 Å². The number of fused-ring (bicyclic) bond motifs is 1. The van der Waals surface area contributed by atoms with E-state index < -0.39 is 0 Å². The highest BCUT2D eigenvalue weighted by Crippen LogP contribution is 2.17. The molecule has 4 rings (SSSR count). The van der Waals surface area contributed by atoms with Crippen molar-refractivity contribution in [2.45, 2.75) is 25.8 Å². The van der Waals surface area contributed by atoms with Crippen LogP contribution in [-0.2, 0) is 16.1 Å². The van der Waals surface area contributed by atoms with Crippen molar-refractivity contribution in [2.75, 3.05) is 26.2 Å². The second-order valence-corrected chi connectivity index (χ2v) is 7.93. The van der Waals surface area contributed by atoms with Gasteiger partial charge in [0, 0.05) is 68.9 Å². The first-order chi connectivity index (χ1) is 15.6. The van der Waals surface area contributed by atoms with Gasteiger partial charge in [-0.15, -0.1) is 0 Å². The molecule has 0 bridgehead atoms. The van der Waals surface area contributed by atoms with Crippen molar-refractivity contribution >= 4 is 28.6 Å². The Bertz CT molecular complexity index is 1050. The van der Waals surface area contributed by atoms with E-state index in [1.54, 1.807) is 22.2 Å². The van der Waals surface area contributed by atoms with Crippen LogP contribution in [-0.4, -0.2) is 63.7 Å². The van der Waals surface area contributed by atoms with Gasteiger partial charge in [0.15, 0.2) is 0 Å². The molecule has 0 saturated carbocycles. The molecule has 1 aliphatic heterocycles. The van der Waals surface area contributed by atoms with Crippen molar-refractivity contribution in [3.63, 3.8) is 0 Å². The monoisotopic (exact) mass is 433 g/mol. The molecule has 3 heterocycles. The number of aromatic amines is 1. The third-order valence-electron chi connectivity index (χ3n) is 5.69. The fourth-order valence-corrected chi connectivity index (χ4v) is 3.87. The lowest BCUT2D eigenvalue weighted by atomic mass is 10.2. The third kappa shape index (κ3) is 5.32. The molecule has 2 aromatic heterocycles. The molecule has 8 nitrogen and oxygen atoms in total. The number of nitrogens with zero attached hydrogens (tertiary/aromatic N) is 3. The number of aromatic nitrogens is 2. The largest absolute Gasteiger partial charge is 0.352 e. The molecule has 8 heteroatoms. The van der Waals surface area contributed by atoms with Crippen LogP contribution in [0.3, 0.4) is 0 Å². The van der Waals surface area contributed by atoms with E-state index in [4.69, 9.17) is 0 Å². The van der Waals surface area contributed by atoms with Crippen LogP contribution in [0.2, 0.25) is 0 Å². The molecule has 2 N–H and O–H groups in total. The number of rotatable bonds is 7. The Labute approximate surface area is 186 Å². The number of nitrogens with one attached hydrogen (secondary N) is 2. The SMILES string of the molecule is O=C(CCCC(=O)N1CCN(C(=O)c2cc3ccccc3[nH]2)CC1)NCc1cccnc1. The van der Waals surface area contributed by atoms with E-state index in [0.717, 1.165) is 16.5 Å². The Hall–Kier alpha value is -3.68. The van der Waals surface area contributed by atoms with Crippen LogP contribution in [0.4, 0.5) is 0 Å². The van der Waals surface area contributed by atoms with Crippen LogP contribution in [0.5, 0.6) is 0 Å². The first-order valence-corrected chi connectivity index (χ1v) is 10.9. The summed E-state index contributed by atoms with van der Waals surface area (Å²) in [5.41, 5.74) is 2.45. The molecule has 3 amide bonds. The second-order valence-electron chi connectivity index (χ2n) is 7.93. The zero-order chi connectivity index (χ0) is 22.3. The molecular weight excluding hydrogens is 406 g/mol. The topological polar surface area (TPSA) is 98.4 Å². The van der Waals surface area contributed by atoms with Crippen LogP contribution >= 0.6 is 0 Å². The lowest BCUT2D eigenvalue weighted by Crippen LogP contribution is -2.50. The van der Waals surface area contributed by atoms with Crippen LogP contribution in [0.25, 0.3) is 10.9 Å². The fraction of sp³-hybridized carbons (Fsp3) is 0.333. The Morgan fingerprint density at radius 3 is 2.50 bits per heavy atom. The summed E-state index contributed by atoms with van der Waals surface area (Å²) in [6, 6.07) is 13.4. The molecule has 166 valence electrons. The molecule has 1 aliphatic rings. The molecule has 0 unspecified atom stereocenters. The fourth-order valence-electron chi connectivity index (χ4n) is 3.87. The summed E-state index contributed by atoms with van der Waals surface area (Å²) >= 11 is 0. The first kappa shape index (κ1) is 21.5. The normalized spacial score (nSPS) is 13.9. The van der Waals surface area contributed by atoms with E-state index in [2.05, 4.69) is 15.3 Å². The molecule has 1 aromatic carbocycles. The number of benzene rings is 1. The van der Waals surface area contributed by atoms with E-state index >= 15 is 0 Å². The van der Waals surface area contributed by atoms with Gasteiger partial charge < -0.3 is 20.1 Å². The molecule has 0 radical (unpaired) electrons. The summed E-state index contributed by atoms with van der Waals surface area (Å²) < 4.78 is 0. The van der Waals surface area contributed by atoms with Gasteiger partial charge in [0.05, 0.1) is 0 Å². The average molecular weight is 434 g/mol. The maximum atomic E-state index is 12.8. The number of hydrogen-bond donors (Lipinski definition) is 2. The third-order valence-corrected chi connectivity index (χ3v) is 5.69. The number of para-hydroxylation sites is 1. The number of amides is 3. The Balaban J connectivity index is 1.17. The van der Waals surface area contributed by atoms with Crippen molar-refractivity contribution in [2.24, 2.45) is 0 Å². The number of H-pyrrole nitrogens is 1. The average Bonchev–Trinajstić information content (AvgIpc) is 3.27. The van der Waals surface area contributed by atoms with Crippen molar-refractivity contribution in [3.8, 4) is 0 Å². The highest BCUT2D eigenvalue weighted by molar-refractivity contribution is 5.98. The van der Waals surface area contributed by atoms with E-state index in [1.807, 2.05) is 42.5 Å². The van der Waals surface area contributed by atoms with E-state index in [1.165, 1.54) is 0 Å². The molecule has 0 aliphatic carbocycles. The standard InChI is InChI=1S/C24H27N5O3/c30-22(26-17-18-5-4-10-25-16-18)8-3-9-23(31)28-11-13-29(14-12-28)24(32)21-15-19-6-1-2-7-20(19)27-21/h1-2,4-7,10,15-16,27H,3,8-9,11-14,17H2,(H,26,30). The summed E-state index contributed by atoms with van der Waals surface area (Å²) in [5.74, 6) is -0.0863. The van der Waals surface area contributed by atoms with Gasteiger partial charge in [-0.25, -0.2) is 0 Å². The number of carbonyl (C=O) groups is 3. The number of pyridine rings is 1. The summed E-state index contributed by atoms with van der Waals surface area (Å²) in [6.07, 6.45) is 4.55. The maximum Gasteiger partial charge on any atom is 0.270 e. The lowest BCUT2D eigenvalue weighted by molar-refractivity contribution is -0.132. The van der Waals surface area contributed by atoms with Crippen LogP contribution in [0.1, 0.15) is 35.3 Å². The van der Waals surface area contributed by atoms with Gasteiger partial charge in [0.2, 0.25) is 11.8 Å². The second kappa shape index (κ2) is 10.1. The minimum absolute atomic E-state index is 0.0303. The van der Waals surface area contributed by atoms with E-state index in [0.29, 0.717) is 57.7 Å². The number of hydrogen-bond acceptors (Lipinski definition) is 4. The van der Waals surface area contributed by atoms with Crippen LogP contribution < -0.4 is 5.32 Å². The summed E-state index contributed by atoms with van der Waals surface area (Å²) in [7, 11) is 0. The van der Waals surface area contributed by atoms with Gasteiger partial charge in [0.1, 0.15) is 5.69 Å². The van der Waals surface area contributed by atoms with Gasteiger partial charge in [-0.3, -0.25) is 19.4 Å². The summed E-state index contributed by atoms with van der Waals surface area (Å²) in [4.78, 5) is 48.0. The van der Waals surface area contributed by atoms with Gasteiger partial charge in [-0.05, 0) is 30.2 Å². The predicted molar refractivity (Wildman–Crippen MR) is 121 cm³/mol. The molecule has 32 heavy (non-hydrogen) atoms. The quantitative estimate of drug-likeness (QED) is 0.598. The van der Waals surface area contributed by atoms with Gasteiger partial charge in [-0.1, -0.05) is 24.3 Å². The number of piperazine rings is 1. The van der Waals surface area contributed by atoms with Crippen molar-refractivity contribution in [1.82, 2.24) is 25.1 Å². The highest BCUT2D eigenvalue weighted by atomic mass is 16.2. The first-order valence-electron chi connectivity index (χ1n) is 10.9. The zero-order valence-electron chi connectivity index (χ0n) is 17.9.